The van der Waals surface area contributed by atoms with Crippen LogP contribution in [0.4, 0.5) is 0 Å². The summed E-state index contributed by atoms with van der Waals surface area (Å²) in [5, 5.41) is 3.12. The first-order valence-corrected chi connectivity index (χ1v) is 5.95. The van der Waals surface area contributed by atoms with Gasteiger partial charge < -0.3 is 23.3 Å². The molecule has 0 spiro atoms. The highest BCUT2D eigenvalue weighted by Gasteiger charge is 2.38. The molecule has 0 saturated heterocycles. The fourth-order valence-corrected chi connectivity index (χ4v) is 2.23. The Morgan fingerprint density at radius 3 is 1.92 bits per heavy atom. The second-order valence-electron chi connectivity index (χ2n) is 2.14. The van der Waals surface area contributed by atoms with Gasteiger partial charge in [-0.05, 0) is 12.2 Å². The lowest BCUT2D eigenvalue weighted by Crippen LogP contribution is -2.53. The van der Waals surface area contributed by atoms with E-state index >= 15 is 0 Å². The molecule has 0 saturated carbocycles. The smallest absolute Gasteiger partial charge is 0.474 e. The first kappa shape index (κ1) is 12.8. The van der Waals surface area contributed by atoms with Crippen molar-refractivity contribution in [2.75, 3.05) is 34.6 Å². The van der Waals surface area contributed by atoms with E-state index in [9.17, 15) is 0 Å². The predicted molar refractivity (Wildman–Crippen MR) is 54.4 cm³/mol. The summed E-state index contributed by atoms with van der Waals surface area (Å²) in [6, 6.07) is 0. The molecule has 0 aromatic rings. The van der Waals surface area contributed by atoms with Crippen LogP contribution >= 0.6 is 12.2 Å². The van der Waals surface area contributed by atoms with Gasteiger partial charge in [0.25, 0.3) is 5.17 Å². The Labute approximate surface area is 84.7 Å². The fourth-order valence-electron chi connectivity index (χ4n) is 0.719. The van der Waals surface area contributed by atoms with Crippen LogP contribution in [0.5, 0.6) is 0 Å². The maximum absolute atomic E-state index is 5.15. The molecule has 0 aliphatic rings. The van der Waals surface area contributed by atoms with Crippen LogP contribution in [0.15, 0.2) is 0 Å². The van der Waals surface area contributed by atoms with Gasteiger partial charge in [0.05, 0.1) is 13.3 Å². The molecule has 0 fully saturated rings. The second kappa shape index (κ2) is 6.27. The normalized spacial score (nSPS) is 11.1. The predicted octanol–water partition coefficient (Wildman–Crippen LogP) is -0.0754. The van der Waals surface area contributed by atoms with Crippen molar-refractivity contribution in [1.29, 1.82) is 0 Å². The third kappa shape index (κ3) is 4.01. The maximum atomic E-state index is 5.15. The van der Waals surface area contributed by atoms with Crippen LogP contribution in [-0.4, -0.2) is 48.6 Å². The quantitative estimate of drug-likeness (QED) is 0.522. The van der Waals surface area contributed by atoms with Crippen molar-refractivity contribution in [2.24, 2.45) is 0 Å². The third-order valence-corrected chi connectivity index (χ3v) is 4.35. The number of methoxy groups -OCH3 is 1. The number of hydrogen-bond acceptors (Lipinski definition) is 5. The molecule has 1 N–H and O–H groups in total. The molecule has 0 aliphatic carbocycles. The van der Waals surface area contributed by atoms with E-state index in [0.29, 0.717) is 11.3 Å². The van der Waals surface area contributed by atoms with Crippen LogP contribution in [-0.2, 0) is 18.0 Å². The molecule has 0 rings (SSSR count). The van der Waals surface area contributed by atoms with E-state index in [1.165, 1.54) is 28.4 Å². The van der Waals surface area contributed by atoms with Gasteiger partial charge in [-0.25, -0.2) is 0 Å². The lowest BCUT2D eigenvalue weighted by atomic mass is 11.1. The first-order valence-electron chi connectivity index (χ1n) is 3.61. The minimum atomic E-state index is -2.58. The van der Waals surface area contributed by atoms with Crippen LogP contribution in [0.2, 0.25) is 0 Å². The van der Waals surface area contributed by atoms with Crippen molar-refractivity contribution >= 4 is 26.2 Å². The Bertz CT molecular complexity index is 156. The van der Waals surface area contributed by atoms with Crippen molar-refractivity contribution in [3.63, 3.8) is 0 Å². The average Bonchev–Trinajstić information content (AvgIpc) is 2.20. The summed E-state index contributed by atoms with van der Waals surface area (Å²) in [6.45, 7) is 0. The van der Waals surface area contributed by atoms with Crippen molar-refractivity contribution in [2.45, 2.75) is 0 Å². The second-order valence-corrected chi connectivity index (χ2v) is 5.46. The van der Waals surface area contributed by atoms with Crippen LogP contribution in [0, 0.1) is 0 Å². The molecule has 0 aliphatic heterocycles. The van der Waals surface area contributed by atoms with Gasteiger partial charge in [0, 0.05) is 21.3 Å². The highest BCUT2D eigenvalue weighted by molar-refractivity contribution is 7.80. The number of nitrogens with one attached hydrogen (secondary N) is 1. The van der Waals surface area contributed by atoms with Gasteiger partial charge in [0.15, 0.2) is 0 Å². The Kier molecular flexibility index (Phi) is 6.17. The molecule has 13 heavy (non-hydrogen) atoms. The van der Waals surface area contributed by atoms with Crippen LogP contribution in [0.3, 0.4) is 0 Å². The van der Waals surface area contributed by atoms with Gasteiger partial charge in [-0.3, -0.25) is 0 Å². The van der Waals surface area contributed by atoms with Gasteiger partial charge in [0.2, 0.25) is 0 Å². The minimum Gasteiger partial charge on any atom is -0.474 e. The number of hydrogen-bond donors (Lipinski definition) is 1. The zero-order chi connectivity index (χ0) is 10.3. The largest absolute Gasteiger partial charge is 0.520 e. The molecule has 0 amide bonds. The van der Waals surface area contributed by atoms with Gasteiger partial charge >= 0.3 is 8.80 Å². The van der Waals surface area contributed by atoms with E-state index in [4.69, 9.17) is 30.2 Å². The number of rotatable bonds is 5. The summed E-state index contributed by atoms with van der Waals surface area (Å²) >= 11 is 4.79. The third-order valence-electron chi connectivity index (χ3n) is 1.57. The molecule has 5 nitrogen and oxygen atoms in total. The van der Waals surface area contributed by atoms with Crippen LogP contribution < -0.4 is 5.32 Å². The van der Waals surface area contributed by atoms with E-state index in [1.54, 1.807) is 0 Å². The Balaban J connectivity index is 4.02. The zero-order valence-electron chi connectivity index (χ0n) is 8.25. The fraction of sp³-hybridized carbons (Fsp3) is 0.833. The van der Waals surface area contributed by atoms with E-state index in [2.05, 4.69) is 5.32 Å². The minimum absolute atomic E-state index is 0.294. The Morgan fingerprint density at radius 2 is 1.62 bits per heavy atom. The Hall–Kier alpha value is -0.213. The van der Waals surface area contributed by atoms with Crippen molar-refractivity contribution < 1.29 is 18.0 Å². The molecule has 0 aromatic carbocycles. The average molecular weight is 225 g/mol. The molecule has 0 aromatic heterocycles. The van der Waals surface area contributed by atoms with Crippen molar-refractivity contribution in [3.05, 3.63) is 0 Å². The van der Waals surface area contributed by atoms with E-state index in [-0.39, 0.29) is 0 Å². The van der Waals surface area contributed by atoms with E-state index < -0.39 is 8.80 Å². The number of thiocarbonyl (C=S) groups is 1. The summed E-state index contributed by atoms with van der Waals surface area (Å²) in [7, 11) is 3.53. The number of ether oxygens (including phenoxy) is 1. The van der Waals surface area contributed by atoms with Gasteiger partial charge in [-0.15, -0.1) is 0 Å². The van der Waals surface area contributed by atoms with Crippen molar-refractivity contribution in [3.8, 4) is 0 Å². The molecule has 78 valence electrons. The Morgan fingerprint density at radius 1 is 1.15 bits per heavy atom. The standard InChI is InChI=1S/C6H15NO4SSi/c1-8-6(12)7-5-13(9-2,10-3)11-4/h5H2,1-4H3,(H,7,12). The summed E-state index contributed by atoms with van der Waals surface area (Å²) < 4.78 is 20.2. The molecule has 0 atom stereocenters. The monoisotopic (exact) mass is 225 g/mol. The molecule has 0 bridgehead atoms. The SMILES string of the molecule is COC(=S)NC[Si](OC)(OC)OC. The van der Waals surface area contributed by atoms with Gasteiger partial charge in [-0.2, -0.15) is 0 Å². The first-order chi connectivity index (χ1) is 6.14. The molecule has 0 unspecified atom stereocenters. The zero-order valence-corrected chi connectivity index (χ0v) is 10.1. The highest BCUT2D eigenvalue weighted by atomic mass is 32.1. The van der Waals surface area contributed by atoms with E-state index in [0.717, 1.165) is 0 Å². The molecule has 0 heterocycles. The molecular weight excluding hydrogens is 210 g/mol. The van der Waals surface area contributed by atoms with Gasteiger partial charge in [0.1, 0.15) is 0 Å². The lowest BCUT2D eigenvalue weighted by molar-refractivity contribution is 0.123. The lowest BCUT2D eigenvalue weighted by Gasteiger charge is -2.24. The van der Waals surface area contributed by atoms with E-state index in [1.807, 2.05) is 0 Å². The summed E-state index contributed by atoms with van der Waals surface area (Å²) in [6.07, 6.45) is 0.392. The summed E-state index contributed by atoms with van der Waals surface area (Å²) in [5.41, 5.74) is 0. The van der Waals surface area contributed by atoms with Crippen LogP contribution in [0.1, 0.15) is 0 Å². The highest BCUT2D eigenvalue weighted by Crippen LogP contribution is 2.03. The van der Waals surface area contributed by atoms with Gasteiger partial charge in [-0.1, -0.05) is 0 Å². The molecule has 0 radical (unpaired) electrons. The molecule has 7 heteroatoms. The maximum Gasteiger partial charge on any atom is 0.520 e. The summed E-state index contributed by atoms with van der Waals surface area (Å²) in [5.74, 6) is 0. The van der Waals surface area contributed by atoms with Crippen LogP contribution in [0.25, 0.3) is 0 Å². The topological polar surface area (TPSA) is 49.0 Å². The molecular formula is C6H15NO4SSi. The summed E-state index contributed by atoms with van der Waals surface area (Å²) in [4.78, 5) is 0. The van der Waals surface area contributed by atoms with Crippen molar-refractivity contribution in [1.82, 2.24) is 5.32 Å².